The number of nitrogens with zero attached hydrogens (tertiary/aromatic N) is 2. The van der Waals surface area contributed by atoms with Crippen molar-refractivity contribution in [1.82, 2.24) is 10.1 Å². The van der Waals surface area contributed by atoms with Gasteiger partial charge in [0.2, 0.25) is 11.7 Å². The molecule has 0 saturated heterocycles. The molecule has 20 heavy (non-hydrogen) atoms. The summed E-state index contributed by atoms with van der Waals surface area (Å²) in [6, 6.07) is 7.06. The van der Waals surface area contributed by atoms with Crippen LogP contribution in [-0.2, 0) is 11.2 Å². The average molecular weight is 274 g/mol. The lowest BCUT2D eigenvalue weighted by Crippen LogP contribution is -2.08. The van der Waals surface area contributed by atoms with Crippen LogP contribution in [0.25, 0.3) is 0 Å². The van der Waals surface area contributed by atoms with Gasteiger partial charge in [0.1, 0.15) is 11.9 Å². The SMILES string of the molecule is CCOC(c1noc(Cc2cccc(O)c2)n1)C1CC1. The Balaban J connectivity index is 1.72. The Morgan fingerprint density at radius 3 is 3.00 bits per heavy atom. The molecule has 106 valence electrons. The zero-order valence-corrected chi connectivity index (χ0v) is 11.5. The van der Waals surface area contributed by atoms with Crippen molar-refractivity contribution in [3.8, 4) is 5.75 Å². The second-order valence-electron chi connectivity index (χ2n) is 5.11. The topological polar surface area (TPSA) is 68.4 Å². The molecule has 5 heteroatoms. The smallest absolute Gasteiger partial charge is 0.231 e. The molecule has 1 aliphatic rings. The summed E-state index contributed by atoms with van der Waals surface area (Å²) in [5.41, 5.74) is 0.944. The van der Waals surface area contributed by atoms with Crippen molar-refractivity contribution in [2.24, 2.45) is 5.92 Å². The zero-order valence-electron chi connectivity index (χ0n) is 11.5. The van der Waals surface area contributed by atoms with E-state index in [9.17, 15) is 5.11 Å². The van der Waals surface area contributed by atoms with E-state index in [-0.39, 0.29) is 11.9 Å². The van der Waals surface area contributed by atoms with Gasteiger partial charge in [-0.25, -0.2) is 0 Å². The van der Waals surface area contributed by atoms with Gasteiger partial charge in [0.25, 0.3) is 0 Å². The van der Waals surface area contributed by atoms with Gasteiger partial charge >= 0.3 is 0 Å². The zero-order chi connectivity index (χ0) is 13.9. The van der Waals surface area contributed by atoms with Crippen LogP contribution in [0.3, 0.4) is 0 Å². The molecule has 1 unspecified atom stereocenters. The fourth-order valence-corrected chi connectivity index (χ4v) is 2.30. The van der Waals surface area contributed by atoms with E-state index in [1.165, 1.54) is 12.8 Å². The summed E-state index contributed by atoms with van der Waals surface area (Å²) < 4.78 is 11.0. The highest BCUT2D eigenvalue weighted by Gasteiger charge is 2.36. The van der Waals surface area contributed by atoms with Crippen LogP contribution in [0.5, 0.6) is 5.75 Å². The third-order valence-corrected chi connectivity index (χ3v) is 3.40. The molecule has 0 spiro atoms. The number of rotatable bonds is 6. The van der Waals surface area contributed by atoms with Crippen LogP contribution in [0.15, 0.2) is 28.8 Å². The molecule has 1 fully saturated rings. The van der Waals surface area contributed by atoms with E-state index in [1.807, 2.05) is 13.0 Å². The number of phenols is 1. The highest BCUT2D eigenvalue weighted by molar-refractivity contribution is 5.28. The fourth-order valence-electron chi connectivity index (χ4n) is 2.30. The highest BCUT2D eigenvalue weighted by atomic mass is 16.5. The van der Waals surface area contributed by atoms with Gasteiger partial charge in [-0.2, -0.15) is 4.98 Å². The molecule has 1 N–H and O–H groups in total. The van der Waals surface area contributed by atoms with Crippen LogP contribution in [0.2, 0.25) is 0 Å². The number of aromatic nitrogens is 2. The molecule has 1 aromatic carbocycles. The third kappa shape index (κ3) is 2.99. The number of phenolic OH excluding ortho intramolecular Hbond substituents is 1. The third-order valence-electron chi connectivity index (χ3n) is 3.40. The van der Waals surface area contributed by atoms with Crippen LogP contribution >= 0.6 is 0 Å². The van der Waals surface area contributed by atoms with Crippen LogP contribution < -0.4 is 0 Å². The van der Waals surface area contributed by atoms with Gasteiger partial charge in [-0.1, -0.05) is 17.3 Å². The molecule has 0 aliphatic heterocycles. The van der Waals surface area contributed by atoms with Crippen molar-refractivity contribution >= 4 is 0 Å². The number of hydrogen-bond acceptors (Lipinski definition) is 5. The van der Waals surface area contributed by atoms with Gasteiger partial charge < -0.3 is 14.4 Å². The first-order valence-corrected chi connectivity index (χ1v) is 6.98. The minimum absolute atomic E-state index is 0.0401. The maximum Gasteiger partial charge on any atom is 0.231 e. The van der Waals surface area contributed by atoms with Crippen LogP contribution in [0.4, 0.5) is 0 Å². The monoisotopic (exact) mass is 274 g/mol. The van der Waals surface area contributed by atoms with E-state index in [0.29, 0.717) is 30.7 Å². The van der Waals surface area contributed by atoms with E-state index in [1.54, 1.807) is 18.2 Å². The molecule has 1 atom stereocenters. The normalized spacial score (nSPS) is 16.2. The largest absolute Gasteiger partial charge is 0.508 e. The van der Waals surface area contributed by atoms with Gasteiger partial charge in [0.15, 0.2) is 0 Å². The van der Waals surface area contributed by atoms with Gasteiger partial charge in [0, 0.05) is 6.61 Å². The number of hydrogen-bond donors (Lipinski definition) is 1. The van der Waals surface area contributed by atoms with Crippen molar-refractivity contribution in [3.05, 3.63) is 41.5 Å². The predicted molar refractivity (Wildman–Crippen MR) is 72.3 cm³/mol. The second-order valence-corrected chi connectivity index (χ2v) is 5.11. The summed E-state index contributed by atoms with van der Waals surface area (Å²) in [7, 11) is 0. The first kappa shape index (κ1) is 13.1. The molecule has 5 nitrogen and oxygen atoms in total. The summed E-state index contributed by atoms with van der Waals surface area (Å²) >= 11 is 0. The van der Waals surface area contributed by atoms with Gasteiger partial charge in [0.05, 0.1) is 6.42 Å². The number of benzene rings is 1. The van der Waals surface area contributed by atoms with Crippen LogP contribution in [0, 0.1) is 5.92 Å². The van der Waals surface area contributed by atoms with Crippen LogP contribution in [-0.4, -0.2) is 21.9 Å². The van der Waals surface area contributed by atoms with Crippen molar-refractivity contribution in [2.75, 3.05) is 6.61 Å². The second kappa shape index (κ2) is 5.63. The lowest BCUT2D eigenvalue weighted by atomic mass is 10.1. The molecule has 0 radical (unpaired) electrons. The first-order chi connectivity index (χ1) is 9.76. The van der Waals surface area contributed by atoms with E-state index in [4.69, 9.17) is 9.26 Å². The molecule has 0 bridgehead atoms. The molecule has 1 heterocycles. The van der Waals surface area contributed by atoms with Gasteiger partial charge in [-0.15, -0.1) is 0 Å². The molecular weight excluding hydrogens is 256 g/mol. The Bertz CT molecular complexity index is 578. The van der Waals surface area contributed by atoms with E-state index in [2.05, 4.69) is 10.1 Å². The van der Waals surface area contributed by atoms with Crippen molar-refractivity contribution < 1.29 is 14.4 Å². The Kier molecular flexibility index (Phi) is 3.69. The van der Waals surface area contributed by atoms with Crippen LogP contribution in [0.1, 0.15) is 43.1 Å². The number of aromatic hydroxyl groups is 1. The molecule has 1 saturated carbocycles. The maximum atomic E-state index is 9.45. The molecule has 1 aromatic heterocycles. The Morgan fingerprint density at radius 2 is 2.30 bits per heavy atom. The fraction of sp³-hybridized carbons (Fsp3) is 0.467. The lowest BCUT2D eigenvalue weighted by Gasteiger charge is -2.10. The predicted octanol–water partition coefficient (Wildman–Crippen LogP) is 2.85. The summed E-state index contributed by atoms with van der Waals surface area (Å²) in [6.45, 7) is 2.63. The highest BCUT2D eigenvalue weighted by Crippen LogP contribution is 2.42. The minimum Gasteiger partial charge on any atom is -0.508 e. The molecule has 2 aromatic rings. The molecule has 3 rings (SSSR count). The van der Waals surface area contributed by atoms with Gasteiger partial charge in [-0.05, 0) is 43.4 Å². The summed E-state index contributed by atoms with van der Waals surface area (Å²) in [5, 5.41) is 13.5. The molecular formula is C15H18N2O3. The number of ether oxygens (including phenoxy) is 1. The maximum absolute atomic E-state index is 9.45. The lowest BCUT2D eigenvalue weighted by molar-refractivity contribution is 0.0384. The molecule has 1 aliphatic carbocycles. The average Bonchev–Trinajstić information content (AvgIpc) is 3.16. The Labute approximate surface area is 117 Å². The van der Waals surface area contributed by atoms with E-state index < -0.39 is 0 Å². The van der Waals surface area contributed by atoms with Crippen molar-refractivity contribution in [2.45, 2.75) is 32.3 Å². The Morgan fingerprint density at radius 1 is 1.45 bits per heavy atom. The van der Waals surface area contributed by atoms with Crippen molar-refractivity contribution in [3.63, 3.8) is 0 Å². The first-order valence-electron chi connectivity index (χ1n) is 6.98. The Hall–Kier alpha value is -1.88. The summed E-state index contributed by atoms with van der Waals surface area (Å²) in [4.78, 5) is 4.43. The minimum atomic E-state index is -0.0401. The van der Waals surface area contributed by atoms with E-state index in [0.717, 1.165) is 5.56 Å². The quantitative estimate of drug-likeness (QED) is 0.877. The van der Waals surface area contributed by atoms with Crippen molar-refractivity contribution in [1.29, 1.82) is 0 Å². The standard InChI is InChI=1S/C15H18N2O3/c1-2-19-14(11-6-7-11)15-16-13(20-17-15)9-10-4-3-5-12(18)8-10/h3-5,8,11,14,18H,2,6-7,9H2,1H3. The van der Waals surface area contributed by atoms with E-state index >= 15 is 0 Å². The summed E-state index contributed by atoms with van der Waals surface area (Å²) in [6.07, 6.45) is 2.81. The molecule has 0 amide bonds. The summed E-state index contributed by atoms with van der Waals surface area (Å²) in [5.74, 6) is 1.97. The van der Waals surface area contributed by atoms with Gasteiger partial charge in [-0.3, -0.25) is 0 Å².